The SMILES string of the molecule is O=C(NC1CC2CCC1C2)c1ccc(Br)cc1F. The highest BCUT2D eigenvalue weighted by molar-refractivity contribution is 9.10. The molecule has 1 aromatic carbocycles. The Morgan fingerprint density at radius 1 is 1.33 bits per heavy atom. The van der Waals surface area contributed by atoms with Gasteiger partial charge in [0, 0.05) is 10.5 Å². The average molecular weight is 312 g/mol. The molecule has 2 aliphatic carbocycles. The zero-order valence-corrected chi connectivity index (χ0v) is 11.5. The molecule has 2 aliphatic rings. The molecule has 1 N–H and O–H groups in total. The van der Waals surface area contributed by atoms with Crippen molar-refractivity contribution in [2.24, 2.45) is 11.8 Å². The predicted octanol–water partition coefficient (Wildman–Crippen LogP) is 3.51. The van der Waals surface area contributed by atoms with E-state index in [2.05, 4.69) is 21.2 Å². The van der Waals surface area contributed by atoms with Gasteiger partial charge in [-0.1, -0.05) is 22.4 Å². The smallest absolute Gasteiger partial charge is 0.254 e. The summed E-state index contributed by atoms with van der Waals surface area (Å²) in [6.45, 7) is 0. The molecule has 3 unspecified atom stereocenters. The third kappa shape index (κ3) is 2.18. The van der Waals surface area contributed by atoms with Gasteiger partial charge >= 0.3 is 0 Å². The zero-order valence-electron chi connectivity index (χ0n) is 9.96. The molecular weight excluding hydrogens is 297 g/mol. The van der Waals surface area contributed by atoms with Crippen LogP contribution in [0.25, 0.3) is 0 Å². The Bertz CT molecular complexity index is 491. The van der Waals surface area contributed by atoms with E-state index in [1.54, 1.807) is 6.07 Å². The van der Waals surface area contributed by atoms with Crippen molar-refractivity contribution in [1.29, 1.82) is 0 Å². The highest BCUT2D eigenvalue weighted by atomic mass is 79.9. The quantitative estimate of drug-likeness (QED) is 0.889. The van der Waals surface area contributed by atoms with Crippen molar-refractivity contribution in [3.8, 4) is 0 Å². The van der Waals surface area contributed by atoms with Crippen molar-refractivity contribution in [2.75, 3.05) is 0 Å². The summed E-state index contributed by atoms with van der Waals surface area (Å²) in [7, 11) is 0. The highest BCUT2D eigenvalue weighted by Gasteiger charge is 2.40. The van der Waals surface area contributed by atoms with Gasteiger partial charge in [0.15, 0.2) is 0 Å². The predicted molar refractivity (Wildman–Crippen MR) is 70.8 cm³/mol. The van der Waals surface area contributed by atoms with Gasteiger partial charge in [-0.15, -0.1) is 0 Å². The Morgan fingerprint density at radius 2 is 2.17 bits per heavy atom. The van der Waals surface area contributed by atoms with Gasteiger partial charge in [0.1, 0.15) is 5.82 Å². The Balaban J connectivity index is 1.71. The maximum atomic E-state index is 13.7. The number of fused-ring (bicyclic) bond motifs is 2. The van der Waals surface area contributed by atoms with Crippen LogP contribution in [0.2, 0.25) is 0 Å². The molecular formula is C14H15BrFNO. The first-order valence-electron chi connectivity index (χ1n) is 6.39. The van der Waals surface area contributed by atoms with Gasteiger partial charge in [0.05, 0.1) is 5.56 Å². The largest absolute Gasteiger partial charge is 0.349 e. The number of hydrogen-bond donors (Lipinski definition) is 1. The van der Waals surface area contributed by atoms with Crippen molar-refractivity contribution in [3.63, 3.8) is 0 Å². The molecule has 0 saturated heterocycles. The fraction of sp³-hybridized carbons (Fsp3) is 0.500. The maximum absolute atomic E-state index is 13.7. The van der Waals surface area contributed by atoms with E-state index in [-0.39, 0.29) is 17.5 Å². The lowest BCUT2D eigenvalue weighted by Gasteiger charge is -2.23. The number of nitrogens with one attached hydrogen (secondary N) is 1. The van der Waals surface area contributed by atoms with Crippen LogP contribution in [0.3, 0.4) is 0 Å². The monoisotopic (exact) mass is 311 g/mol. The number of halogens is 2. The highest BCUT2D eigenvalue weighted by Crippen LogP contribution is 2.44. The first-order chi connectivity index (χ1) is 8.63. The lowest BCUT2D eigenvalue weighted by atomic mass is 9.95. The van der Waals surface area contributed by atoms with Crippen LogP contribution in [-0.4, -0.2) is 11.9 Å². The average Bonchev–Trinajstić information content (AvgIpc) is 2.90. The summed E-state index contributed by atoms with van der Waals surface area (Å²) in [5, 5.41) is 2.99. The Hall–Kier alpha value is -0.900. The zero-order chi connectivity index (χ0) is 12.7. The van der Waals surface area contributed by atoms with Crippen LogP contribution < -0.4 is 5.32 Å². The van der Waals surface area contributed by atoms with E-state index in [0.717, 1.165) is 12.3 Å². The van der Waals surface area contributed by atoms with Gasteiger partial charge in [0.25, 0.3) is 5.91 Å². The topological polar surface area (TPSA) is 29.1 Å². The van der Waals surface area contributed by atoms with Crippen LogP contribution in [0.1, 0.15) is 36.0 Å². The van der Waals surface area contributed by atoms with Crippen LogP contribution >= 0.6 is 15.9 Å². The Labute approximate surface area is 114 Å². The minimum Gasteiger partial charge on any atom is -0.349 e. The third-order valence-electron chi connectivity index (χ3n) is 4.23. The van der Waals surface area contributed by atoms with E-state index < -0.39 is 5.82 Å². The lowest BCUT2D eigenvalue weighted by Crippen LogP contribution is -2.38. The third-order valence-corrected chi connectivity index (χ3v) is 4.72. The normalized spacial score (nSPS) is 29.6. The van der Waals surface area contributed by atoms with Gasteiger partial charge in [-0.2, -0.15) is 0 Å². The van der Waals surface area contributed by atoms with Gasteiger partial charge < -0.3 is 5.32 Å². The summed E-state index contributed by atoms with van der Waals surface area (Å²) in [6.07, 6.45) is 4.80. The standard InChI is InChI=1S/C14H15BrFNO/c15-10-3-4-11(12(16)7-10)14(18)17-13-6-8-1-2-9(13)5-8/h3-4,7-9,13H,1-2,5-6H2,(H,17,18). The van der Waals surface area contributed by atoms with E-state index in [1.165, 1.54) is 31.4 Å². The molecule has 2 bridgehead atoms. The molecule has 96 valence electrons. The van der Waals surface area contributed by atoms with Gasteiger partial charge in [0.2, 0.25) is 0 Å². The van der Waals surface area contributed by atoms with Crippen LogP contribution in [0.15, 0.2) is 22.7 Å². The molecule has 0 radical (unpaired) electrons. The fourth-order valence-electron chi connectivity index (χ4n) is 3.34. The second-order valence-electron chi connectivity index (χ2n) is 5.38. The van der Waals surface area contributed by atoms with Crippen molar-refractivity contribution in [2.45, 2.75) is 31.7 Å². The first kappa shape index (κ1) is 12.2. The van der Waals surface area contributed by atoms with E-state index >= 15 is 0 Å². The molecule has 2 fully saturated rings. The van der Waals surface area contributed by atoms with E-state index in [4.69, 9.17) is 0 Å². The number of carbonyl (C=O) groups excluding carboxylic acids is 1. The Morgan fingerprint density at radius 3 is 2.78 bits per heavy atom. The van der Waals surface area contributed by atoms with Crippen LogP contribution in [-0.2, 0) is 0 Å². The van der Waals surface area contributed by atoms with E-state index in [1.807, 2.05) is 0 Å². The minimum absolute atomic E-state index is 0.140. The summed E-state index contributed by atoms with van der Waals surface area (Å²) >= 11 is 3.19. The molecule has 3 atom stereocenters. The number of benzene rings is 1. The molecule has 1 aromatic rings. The van der Waals surface area contributed by atoms with Gasteiger partial charge in [-0.3, -0.25) is 4.79 Å². The second-order valence-corrected chi connectivity index (χ2v) is 6.29. The number of hydrogen-bond acceptors (Lipinski definition) is 1. The van der Waals surface area contributed by atoms with E-state index in [9.17, 15) is 9.18 Å². The summed E-state index contributed by atoms with van der Waals surface area (Å²) < 4.78 is 14.3. The molecule has 2 nitrogen and oxygen atoms in total. The molecule has 18 heavy (non-hydrogen) atoms. The molecule has 0 aromatic heterocycles. The molecule has 3 rings (SSSR count). The molecule has 0 aliphatic heterocycles. The maximum Gasteiger partial charge on any atom is 0.254 e. The summed E-state index contributed by atoms with van der Waals surface area (Å²) in [5.74, 6) is 0.634. The summed E-state index contributed by atoms with van der Waals surface area (Å²) in [6, 6.07) is 4.80. The number of amides is 1. The fourth-order valence-corrected chi connectivity index (χ4v) is 3.67. The van der Waals surface area contributed by atoms with Crippen molar-refractivity contribution >= 4 is 21.8 Å². The first-order valence-corrected chi connectivity index (χ1v) is 7.18. The van der Waals surface area contributed by atoms with Gasteiger partial charge in [-0.25, -0.2) is 4.39 Å². The molecule has 4 heteroatoms. The summed E-state index contributed by atoms with van der Waals surface area (Å²) in [5.41, 5.74) is 0.140. The van der Waals surface area contributed by atoms with Crippen LogP contribution in [0.4, 0.5) is 4.39 Å². The second kappa shape index (κ2) is 4.65. The molecule has 2 saturated carbocycles. The number of carbonyl (C=O) groups is 1. The van der Waals surface area contributed by atoms with E-state index in [0.29, 0.717) is 10.4 Å². The minimum atomic E-state index is -0.468. The van der Waals surface area contributed by atoms with Crippen molar-refractivity contribution < 1.29 is 9.18 Å². The van der Waals surface area contributed by atoms with Crippen LogP contribution in [0, 0.1) is 17.7 Å². The van der Waals surface area contributed by atoms with Crippen LogP contribution in [0.5, 0.6) is 0 Å². The molecule has 1 amide bonds. The Kier molecular flexibility index (Phi) is 3.14. The lowest BCUT2D eigenvalue weighted by molar-refractivity contribution is 0.0919. The van der Waals surface area contributed by atoms with Crippen molar-refractivity contribution in [1.82, 2.24) is 5.32 Å². The summed E-state index contributed by atoms with van der Waals surface area (Å²) in [4.78, 5) is 12.0. The van der Waals surface area contributed by atoms with Crippen molar-refractivity contribution in [3.05, 3.63) is 34.1 Å². The number of rotatable bonds is 2. The molecule has 0 heterocycles. The molecule has 0 spiro atoms. The van der Waals surface area contributed by atoms with Gasteiger partial charge in [-0.05, 0) is 49.3 Å².